The molecule has 168 valence electrons. The summed E-state index contributed by atoms with van der Waals surface area (Å²) in [6, 6.07) is 14.2. The zero-order valence-electron chi connectivity index (χ0n) is 18.1. The largest absolute Gasteiger partial charge is 0.492 e. The molecular formula is C24H27FN4O2S. The molecule has 2 aromatic carbocycles. The molecule has 0 radical (unpaired) electrons. The van der Waals surface area contributed by atoms with Crippen LogP contribution in [0.1, 0.15) is 45.1 Å². The van der Waals surface area contributed by atoms with Crippen LogP contribution in [0.5, 0.6) is 5.75 Å². The molecule has 3 aromatic rings. The average molecular weight is 455 g/mol. The molecule has 0 unspecified atom stereocenters. The number of carbonyl (C=O) groups is 1. The van der Waals surface area contributed by atoms with Gasteiger partial charge >= 0.3 is 0 Å². The Bertz CT molecular complexity index is 1070. The highest BCUT2D eigenvalue weighted by molar-refractivity contribution is 7.99. The number of hydrogen-bond donors (Lipinski definition) is 1. The normalized spacial score (nSPS) is 14.3. The van der Waals surface area contributed by atoms with Crippen LogP contribution in [0.3, 0.4) is 0 Å². The van der Waals surface area contributed by atoms with Crippen molar-refractivity contribution >= 4 is 23.4 Å². The summed E-state index contributed by atoms with van der Waals surface area (Å²) in [5, 5.41) is 12.2. The molecule has 1 saturated carbocycles. The highest BCUT2D eigenvalue weighted by atomic mass is 32.2. The molecule has 1 amide bonds. The molecule has 1 heterocycles. The van der Waals surface area contributed by atoms with E-state index in [2.05, 4.69) is 15.5 Å². The van der Waals surface area contributed by atoms with E-state index >= 15 is 0 Å². The van der Waals surface area contributed by atoms with Gasteiger partial charge in [0.15, 0.2) is 11.0 Å². The number of aromatic nitrogens is 3. The van der Waals surface area contributed by atoms with Crippen molar-refractivity contribution in [2.45, 2.75) is 50.2 Å². The molecule has 0 atom stereocenters. The number of rotatable bonds is 8. The lowest BCUT2D eigenvalue weighted by atomic mass is 9.95. The predicted octanol–water partition coefficient (Wildman–Crippen LogP) is 5.72. The van der Waals surface area contributed by atoms with Crippen LogP contribution in [0, 0.1) is 5.82 Å². The van der Waals surface area contributed by atoms with Gasteiger partial charge in [-0.3, -0.25) is 9.36 Å². The van der Waals surface area contributed by atoms with Gasteiger partial charge in [-0.2, -0.15) is 0 Å². The van der Waals surface area contributed by atoms with Crippen LogP contribution in [-0.4, -0.2) is 33.0 Å². The third-order valence-electron chi connectivity index (χ3n) is 5.51. The van der Waals surface area contributed by atoms with E-state index in [-0.39, 0.29) is 23.5 Å². The van der Waals surface area contributed by atoms with Gasteiger partial charge in [-0.1, -0.05) is 55.3 Å². The molecule has 0 saturated heterocycles. The van der Waals surface area contributed by atoms with Gasteiger partial charge in [0.1, 0.15) is 11.6 Å². The Balaban J connectivity index is 1.53. The topological polar surface area (TPSA) is 69.0 Å². The number of halogens is 1. The van der Waals surface area contributed by atoms with Crippen molar-refractivity contribution in [2.75, 3.05) is 17.7 Å². The monoisotopic (exact) mass is 454 g/mol. The Morgan fingerprint density at radius 3 is 2.66 bits per heavy atom. The van der Waals surface area contributed by atoms with Crippen molar-refractivity contribution in [2.24, 2.45) is 0 Å². The fourth-order valence-corrected chi connectivity index (χ4v) is 4.84. The number of anilines is 1. The maximum Gasteiger partial charge on any atom is 0.234 e. The molecule has 4 rings (SSSR count). The standard InChI is InChI=1S/C24H27FN4O2S/c1-2-31-21-15-9-8-14-20(21)26-22(30)16-32-24-28-27-23(18-12-6-7-13-19(18)25)29(24)17-10-4-3-5-11-17/h6-9,12-15,17H,2-5,10-11,16H2,1H3,(H,26,30). The number of thioether (sulfide) groups is 1. The molecular weight excluding hydrogens is 427 g/mol. The van der Waals surface area contributed by atoms with E-state index in [1.54, 1.807) is 18.2 Å². The van der Waals surface area contributed by atoms with Crippen molar-refractivity contribution in [3.63, 3.8) is 0 Å². The summed E-state index contributed by atoms with van der Waals surface area (Å²) in [5.74, 6) is 0.856. The number of nitrogens with zero attached hydrogens (tertiary/aromatic N) is 3. The summed E-state index contributed by atoms with van der Waals surface area (Å²) in [6.45, 7) is 2.42. The highest BCUT2D eigenvalue weighted by Crippen LogP contribution is 2.36. The van der Waals surface area contributed by atoms with Gasteiger partial charge in [-0.25, -0.2) is 4.39 Å². The molecule has 0 spiro atoms. The Kier molecular flexibility index (Phi) is 7.42. The van der Waals surface area contributed by atoms with Gasteiger partial charge in [-0.15, -0.1) is 10.2 Å². The molecule has 0 bridgehead atoms. The summed E-state index contributed by atoms with van der Waals surface area (Å²) in [5.41, 5.74) is 1.08. The third kappa shape index (κ3) is 5.12. The first-order chi connectivity index (χ1) is 15.7. The van der Waals surface area contributed by atoms with Crippen LogP contribution in [0.25, 0.3) is 11.4 Å². The van der Waals surface area contributed by atoms with E-state index in [0.717, 1.165) is 25.7 Å². The van der Waals surface area contributed by atoms with Gasteiger partial charge in [0, 0.05) is 6.04 Å². The molecule has 8 heteroatoms. The molecule has 1 aromatic heterocycles. The van der Waals surface area contributed by atoms with Gasteiger partial charge < -0.3 is 10.1 Å². The van der Waals surface area contributed by atoms with Crippen LogP contribution >= 0.6 is 11.8 Å². The number of hydrogen-bond acceptors (Lipinski definition) is 5. The summed E-state index contributed by atoms with van der Waals surface area (Å²) >= 11 is 1.32. The van der Waals surface area contributed by atoms with Gasteiger partial charge in [0.25, 0.3) is 0 Å². The maximum absolute atomic E-state index is 14.5. The minimum Gasteiger partial charge on any atom is -0.492 e. The van der Waals surface area contributed by atoms with Crippen molar-refractivity contribution in [1.29, 1.82) is 0 Å². The second kappa shape index (κ2) is 10.6. The van der Waals surface area contributed by atoms with Gasteiger partial charge in [0.2, 0.25) is 5.91 Å². The van der Waals surface area contributed by atoms with E-state index in [0.29, 0.717) is 34.6 Å². The van der Waals surface area contributed by atoms with Crippen LogP contribution < -0.4 is 10.1 Å². The van der Waals surface area contributed by atoms with E-state index in [1.807, 2.05) is 35.8 Å². The first-order valence-corrected chi connectivity index (χ1v) is 12.0. The van der Waals surface area contributed by atoms with E-state index in [9.17, 15) is 9.18 Å². The molecule has 32 heavy (non-hydrogen) atoms. The first kappa shape index (κ1) is 22.3. The minimum absolute atomic E-state index is 0.159. The molecule has 1 aliphatic rings. The molecule has 1 fully saturated rings. The Morgan fingerprint density at radius 2 is 1.88 bits per heavy atom. The number of carbonyl (C=O) groups excluding carboxylic acids is 1. The number of para-hydroxylation sites is 2. The van der Waals surface area contributed by atoms with Gasteiger partial charge in [-0.05, 0) is 44.0 Å². The van der Waals surface area contributed by atoms with Crippen LogP contribution in [0.4, 0.5) is 10.1 Å². The summed E-state index contributed by atoms with van der Waals surface area (Å²) in [4.78, 5) is 12.7. The molecule has 1 aliphatic carbocycles. The lowest BCUT2D eigenvalue weighted by Crippen LogP contribution is -2.18. The van der Waals surface area contributed by atoms with Crippen LogP contribution in [0.15, 0.2) is 53.7 Å². The Labute approximate surface area is 191 Å². The SMILES string of the molecule is CCOc1ccccc1NC(=O)CSc1nnc(-c2ccccc2F)n1C1CCCCC1. The number of ether oxygens (including phenoxy) is 1. The van der Waals surface area contributed by atoms with Crippen molar-refractivity contribution in [3.8, 4) is 17.1 Å². The second-order valence-electron chi connectivity index (χ2n) is 7.71. The zero-order valence-corrected chi connectivity index (χ0v) is 18.9. The van der Waals surface area contributed by atoms with E-state index in [4.69, 9.17) is 4.74 Å². The Hall–Kier alpha value is -2.87. The first-order valence-electron chi connectivity index (χ1n) is 11.0. The molecule has 1 N–H and O–H groups in total. The van der Waals surface area contributed by atoms with Crippen LogP contribution in [0.2, 0.25) is 0 Å². The predicted molar refractivity (Wildman–Crippen MR) is 125 cm³/mol. The van der Waals surface area contributed by atoms with Gasteiger partial charge in [0.05, 0.1) is 23.6 Å². The van der Waals surface area contributed by atoms with Crippen molar-refractivity contribution in [1.82, 2.24) is 14.8 Å². The smallest absolute Gasteiger partial charge is 0.234 e. The quantitative estimate of drug-likeness (QED) is 0.441. The van der Waals surface area contributed by atoms with E-state index < -0.39 is 0 Å². The highest BCUT2D eigenvalue weighted by Gasteiger charge is 2.25. The Morgan fingerprint density at radius 1 is 1.12 bits per heavy atom. The lowest BCUT2D eigenvalue weighted by molar-refractivity contribution is -0.113. The summed E-state index contributed by atoms with van der Waals surface area (Å²) < 4.78 is 22.1. The third-order valence-corrected chi connectivity index (χ3v) is 6.46. The van der Waals surface area contributed by atoms with E-state index in [1.165, 1.54) is 24.2 Å². The molecule has 6 nitrogen and oxygen atoms in total. The minimum atomic E-state index is -0.321. The fraction of sp³-hybridized carbons (Fsp3) is 0.375. The molecule has 0 aliphatic heterocycles. The number of benzene rings is 2. The fourth-order valence-electron chi connectivity index (χ4n) is 4.04. The maximum atomic E-state index is 14.5. The summed E-state index contributed by atoms with van der Waals surface area (Å²) in [6.07, 6.45) is 5.45. The van der Waals surface area contributed by atoms with Crippen LogP contribution in [-0.2, 0) is 4.79 Å². The zero-order chi connectivity index (χ0) is 22.3. The average Bonchev–Trinajstić information content (AvgIpc) is 3.24. The second-order valence-corrected chi connectivity index (χ2v) is 8.66. The number of nitrogens with one attached hydrogen (secondary N) is 1. The lowest BCUT2D eigenvalue weighted by Gasteiger charge is -2.25. The number of amides is 1. The van der Waals surface area contributed by atoms with Crippen molar-refractivity contribution in [3.05, 3.63) is 54.3 Å². The summed E-state index contributed by atoms with van der Waals surface area (Å²) in [7, 11) is 0. The van der Waals surface area contributed by atoms with Crippen molar-refractivity contribution < 1.29 is 13.9 Å².